The lowest BCUT2D eigenvalue weighted by Crippen LogP contribution is -2.60. The van der Waals surface area contributed by atoms with E-state index in [2.05, 4.69) is 0 Å². The molecule has 1 heterocycles. The number of alkyl halides is 4. The quantitative estimate of drug-likeness (QED) is 0.592. The third-order valence-corrected chi connectivity index (χ3v) is 5.01. The lowest BCUT2D eigenvalue weighted by Gasteiger charge is -2.28. The molecule has 0 aliphatic carbocycles. The molecule has 84 valence electrons. The van der Waals surface area contributed by atoms with Crippen LogP contribution in [0.25, 0.3) is 0 Å². The van der Waals surface area contributed by atoms with E-state index < -0.39 is 37.0 Å². The van der Waals surface area contributed by atoms with Crippen LogP contribution in [0.5, 0.6) is 0 Å². The van der Waals surface area contributed by atoms with Crippen molar-refractivity contribution in [3.8, 4) is 0 Å². The van der Waals surface area contributed by atoms with Crippen molar-refractivity contribution in [1.29, 1.82) is 0 Å². The van der Waals surface area contributed by atoms with Crippen LogP contribution in [0.4, 0.5) is 17.6 Å². The number of rotatable bonds is 0. The van der Waals surface area contributed by atoms with Crippen molar-refractivity contribution in [1.82, 2.24) is 4.13 Å². The maximum Gasteiger partial charge on any atom is 0.394 e. The first-order valence-electron chi connectivity index (χ1n) is 2.95. The lowest BCUT2D eigenvalue weighted by atomic mass is 10.4. The molecule has 11 heteroatoms. The van der Waals surface area contributed by atoms with Crippen molar-refractivity contribution >= 4 is 20.0 Å². The highest BCUT2D eigenvalue weighted by Gasteiger charge is 2.65. The summed E-state index contributed by atoms with van der Waals surface area (Å²) in [4.78, 5) is 0. The van der Waals surface area contributed by atoms with Gasteiger partial charge in [-0.25, -0.2) is 25.6 Å². The molecule has 0 bridgehead atoms. The van der Waals surface area contributed by atoms with Gasteiger partial charge in [0, 0.05) is 0 Å². The molecule has 2 unspecified atom stereocenters. The Balaban J connectivity index is 3.37. The summed E-state index contributed by atoms with van der Waals surface area (Å²) in [6.45, 7) is 0. The Morgan fingerprint density at radius 3 is 1.93 bits per heavy atom. The molecule has 1 aliphatic heterocycles. The zero-order valence-electron chi connectivity index (χ0n) is 6.12. The second kappa shape index (κ2) is 2.79. The van der Waals surface area contributed by atoms with E-state index in [1.54, 1.807) is 0 Å². The van der Waals surface area contributed by atoms with Gasteiger partial charge in [0.15, 0.2) is 0 Å². The smallest absolute Gasteiger partial charge is 0.235 e. The topological polar surface area (TPSA) is 80.3 Å². The predicted octanol–water partition coefficient (Wildman–Crippen LogP) is -0.524. The Morgan fingerprint density at radius 1 is 1.07 bits per heavy atom. The fourth-order valence-electron chi connectivity index (χ4n) is 0.712. The third kappa shape index (κ3) is 1.39. The average molecular weight is 257 g/mol. The second-order valence-corrected chi connectivity index (χ2v) is 6.20. The van der Waals surface area contributed by atoms with Crippen molar-refractivity contribution in [3.05, 3.63) is 0 Å². The summed E-state index contributed by atoms with van der Waals surface area (Å²) in [5.74, 6) is 0. The van der Waals surface area contributed by atoms with Gasteiger partial charge in [0.2, 0.25) is 6.17 Å². The van der Waals surface area contributed by atoms with Crippen LogP contribution in [-0.4, -0.2) is 33.8 Å². The maximum atomic E-state index is 12.4. The molecule has 5 nitrogen and oxygen atoms in total. The van der Waals surface area contributed by atoms with Crippen LogP contribution < -0.4 is 4.13 Å². The highest BCUT2D eigenvalue weighted by atomic mass is 32.3. The number of hydrogen-bond donors (Lipinski definition) is 1. The van der Waals surface area contributed by atoms with E-state index in [-0.39, 0.29) is 0 Å². The van der Waals surface area contributed by atoms with Crippen molar-refractivity contribution in [2.75, 3.05) is 0 Å². The first kappa shape index (κ1) is 11.7. The van der Waals surface area contributed by atoms with Gasteiger partial charge in [-0.05, 0) is 0 Å². The minimum Gasteiger partial charge on any atom is -0.235 e. The third-order valence-electron chi connectivity index (χ3n) is 1.43. The van der Waals surface area contributed by atoms with Gasteiger partial charge in [-0.15, -0.1) is 4.13 Å². The standard InChI is InChI=1S/C3H3F4NO4S2/c4-1-2(5)13(9,10)8-14(11,12)3(1,6)7/h1-2,8H. The monoisotopic (exact) mass is 257 g/mol. The van der Waals surface area contributed by atoms with Crippen LogP contribution in [0.15, 0.2) is 0 Å². The van der Waals surface area contributed by atoms with Crippen LogP contribution in [0.3, 0.4) is 0 Å². The Labute approximate surface area is 76.2 Å². The van der Waals surface area contributed by atoms with E-state index in [0.717, 1.165) is 0 Å². The second-order valence-electron chi connectivity index (χ2n) is 2.45. The van der Waals surface area contributed by atoms with E-state index in [4.69, 9.17) is 0 Å². The van der Waals surface area contributed by atoms with Crippen LogP contribution in [0.2, 0.25) is 0 Å². The van der Waals surface area contributed by atoms with Crippen molar-refractivity contribution in [2.45, 2.75) is 16.9 Å². The Kier molecular flexibility index (Phi) is 2.32. The van der Waals surface area contributed by atoms with Gasteiger partial charge < -0.3 is 0 Å². The SMILES string of the molecule is O=S1(=O)NS(=O)(=O)C(F)(F)C(F)C1F. The molecule has 0 saturated carbocycles. The molecule has 0 amide bonds. The maximum absolute atomic E-state index is 12.4. The molecular formula is C3H3F4NO4S2. The van der Waals surface area contributed by atoms with Gasteiger partial charge >= 0.3 is 5.25 Å². The van der Waals surface area contributed by atoms with Crippen molar-refractivity contribution < 1.29 is 34.4 Å². The summed E-state index contributed by atoms with van der Waals surface area (Å²) >= 11 is 0. The normalized spacial score (nSPS) is 39.1. The fourth-order valence-corrected chi connectivity index (χ4v) is 3.74. The fraction of sp³-hybridized carbons (Fsp3) is 1.00. The molecule has 1 N–H and O–H groups in total. The Morgan fingerprint density at radius 2 is 1.50 bits per heavy atom. The lowest BCUT2D eigenvalue weighted by molar-refractivity contribution is -0.0188. The molecule has 0 aromatic heterocycles. The minimum atomic E-state index is -5.74. The molecule has 1 aliphatic rings. The zero-order valence-corrected chi connectivity index (χ0v) is 7.75. The largest absolute Gasteiger partial charge is 0.394 e. The number of hydrogen-bond acceptors (Lipinski definition) is 4. The van der Waals surface area contributed by atoms with Crippen LogP contribution in [0.1, 0.15) is 0 Å². The van der Waals surface area contributed by atoms with Gasteiger partial charge in [-0.3, -0.25) is 0 Å². The summed E-state index contributed by atoms with van der Waals surface area (Å²) < 4.78 is 91.9. The molecular weight excluding hydrogens is 254 g/mol. The summed E-state index contributed by atoms with van der Waals surface area (Å²) in [6.07, 6.45) is -3.93. The summed E-state index contributed by atoms with van der Waals surface area (Å²) in [5, 5.41) is -5.10. The molecule has 2 atom stereocenters. The highest BCUT2D eigenvalue weighted by molar-refractivity contribution is 8.06. The van der Waals surface area contributed by atoms with E-state index in [0.29, 0.717) is 4.13 Å². The molecule has 1 rings (SSSR count). The van der Waals surface area contributed by atoms with Gasteiger partial charge in [-0.1, -0.05) is 0 Å². The Bertz CT molecular complexity index is 441. The summed E-state index contributed by atoms with van der Waals surface area (Å²) in [6, 6.07) is 0. The van der Waals surface area contributed by atoms with Crippen LogP contribution in [0, 0.1) is 0 Å². The molecule has 0 aromatic carbocycles. The molecule has 14 heavy (non-hydrogen) atoms. The van der Waals surface area contributed by atoms with Crippen LogP contribution >= 0.6 is 0 Å². The van der Waals surface area contributed by atoms with Gasteiger partial charge in [0.25, 0.3) is 25.6 Å². The molecule has 0 aromatic rings. The van der Waals surface area contributed by atoms with E-state index in [9.17, 15) is 34.4 Å². The Hall–Kier alpha value is -0.420. The van der Waals surface area contributed by atoms with Gasteiger partial charge in [0.05, 0.1) is 0 Å². The van der Waals surface area contributed by atoms with Crippen LogP contribution in [-0.2, 0) is 20.0 Å². The minimum absolute atomic E-state index is 0.382. The van der Waals surface area contributed by atoms with Gasteiger partial charge in [0.1, 0.15) is 0 Å². The van der Waals surface area contributed by atoms with Gasteiger partial charge in [-0.2, -0.15) is 8.78 Å². The van der Waals surface area contributed by atoms with E-state index in [1.807, 2.05) is 0 Å². The zero-order chi connectivity index (χ0) is 11.4. The van der Waals surface area contributed by atoms with E-state index in [1.165, 1.54) is 0 Å². The average Bonchev–Trinajstić information content (AvgIpc) is 1.97. The first-order chi connectivity index (χ1) is 6.02. The number of halogens is 4. The van der Waals surface area contributed by atoms with Crippen molar-refractivity contribution in [2.24, 2.45) is 0 Å². The molecule has 0 radical (unpaired) electrons. The number of sulfonamides is 2. The predicted molar refractivity (Wildman–Crippen MR) is 35.7 cm³/mol. The van der Waals surface area contributed by atoms with E-state index >= 15 is 0 Å². The highest BCUT2D eigenvalue weighted by Crippen LogP contribution is 2.36. The molecule has 1 fully saturated rings. The first-order valence-corrected chi connectivity index (χ1v) is 5.98. The summed E-state index contributed by atoms with van der Waals surface area (Å²) in [7, 11) is -11.0. The molecule has 0 spiro atoms. The van der Waals surface area contributed by atoms with Crippen molar-refractivity contribution in [3.63, 3.8) is 0 Å². The summed E-state index contributed by atoms with van der Waals surface area (Å²) in [5.41, 5.74) is -3.61. The molecule has 1 saturated heterocycles. The number of nitrogens with one attached hydrogen (secondary N) is 1.